The quantitative estimate of drug-likeness (QED) is 0.776. The Balaban J connectivity index is 3.06. The summed E-state index contributed by atoms with van der Waals surface area (Å²) in [6.07, 6.45) is -7.83. The highest BCUT2D eigenvalue weighted by molar-refractivity contribution is 5.72. The maximum Gasteiger partial charge on any atom is 0.416 e. The van der Waals surface area contributed by atoms with Crippen LogP contribution in [0.5, 0.6) is 0 Å². The molecule has 0 aliphatic heterocycles. The largest absolute Gasteiger partial charge is 0.416 e. The van der Waals surface area contributed by atoms with E-state index in [0.717, 1.165) is 6.07 Å². The smallest absolute Gasteiger partial charge is 0.388 e. The minimum absolute atomic E-state index is 0.251. The molecule has 1 aromatic rings. The Morgan fingerprint density at radius 1 is 1.38 bits per heavy atom. The zero-order chi connectivity index (χ0) is 16.2. The maximum absolute atomic E-state index is 12.7. The van der Waals surface area contributed by atoms with Gasteiger partial charge in [0.05, 0.1) is 17.2 Å². The van der Waals surface area contributed by atoms with Gasteiger partial charge in [-0.2, -0.15) is 18.4 Å². The van der Waals surface area contributed by atoms with Crippen molar-refractivity contribution in [2.45, 2.75) is 25.3 Å². The van der Waals surface area contributed by atoms with E-state index in [-0.39, 0.29) is 17.7 Å². The van der Waals surface area contributed by atoms with Gasteiger partial charge in [0.15, 0.2) is 0 Å². The molecule has 0 fully saturated rings. The van der Waals surface area contributed by atoms with Crippen molar-refractivity contribution in [2.24, 2.45) is 0 Å². The normalized spacial score (nSPS) is 14.1. The number of benzene rings is 1. The third kappa shape index (κ3) is 4.73. The van der Waals surface area contributed by atoms with Gasteiger partial charge in [0.1, 0.15) is 12.2 Å². The number of nitrogens with zero attached hydrogens (tertiary/aromatic N) is 1. The molecule has 0 saturated heterocycles. The van der Waals surface area contributed by atoms with E-state index in [4.69, 9.17) is 5.26 Å². The number of nitriles is 1. The zero-order valence-corrected chi connectivity index (χ0v) is 11.0. The van der Waals surface area contributed by atoms with Crippen LogP contribution in [0.25, 0.3) is 0 Å². The fourth-order valence-electron chi connectivity index (χ4n) is 1.63. The fraction of sp³-hybridized carbons (Fsp3) is 0.385. The average Bonchev–Trinajstić information content (AvgIpc) is 2.42. The standard InChI is InChI=1S/C13H13F3N2O3/c1-7(19)18-6-11(20)12(21)9-2-8(5-17)3-10(4-9)13(14,15)16/h2-4,11-12,20-21H,6H2,1H3,(H,18,19). The fourth-order valence-corrected chi connectivity index (χ4v) is 1.63. The van der Waals surface area contributed by atoms with E-state index >= 15 is 0 Å². The van der Waals surface area contributed by atoms with Crippen molar-refractivity contribution in [3.63, 3.8) is 0 Å². The van der Waals surface area contributed by atoms with Gasteiger partial charge in [-0.1, -0.05) is 0 Å². The first-order valence-electron chi connectivity index (χ1n) is 5.88. The van der Waals surface area contributed by atoms with E-state index in [1.54, 1.807) is 6.07 Å². The summed E-state index contributed by atoms with van der Waals surface area (Å²) in [4.78, 5) is 10.7. The number of carbonyl (C=O) groups is 1. The number of nitrogens with one attached hydrogen (secondary N) is 1. The number of carbonyl (C=O) groups excluding carboxylic acids is 1. The Kier molecular flexibility index (Phi) is 5.29. The molecular formula is C13H13F3N2O3. The second kappa shape index (κ2) is 6.56. The molecule has 0 aromatic heterocycles. The van der Waals surface area contributed by atoms with Crippen LogP contribution in [0.4, 0.5) is 13.2 Å². The maximum atomic E-state index is 12.7. The minimum Gasteiger partial charge on any atom is -0.388 e. The molecule has 3 N–H and O–H groups in total. The second-order valence-electron chi connectivity index (χ2n) is 4.40. The SMILES string of the molecule is CC(=O)NCC(O)C(O)c1cc(C#N)cc(C(F)(F)F)c1. The van der Waals surface area contributed by atoms with Crippen LogP contribution in [-0.4, -0.2) is 28.8 Å². The number of aliphatic hydroxyl groups is 2. The summed E-state index contributed by atoms with van der Waals surface area (Å²) < 4.78 is 38.1. The van der Waals surface area contributed by atoms with Gasteiger partial charge >= 0.3 is 6.18 Å². The van der Waals surface area contributed by atoms with E-state index in [2.05, 4.69) is 5.32 Å². The lowest BCUT2D eigenvalue weighted by Crippen LogP contribution is -2.34. The molecule has 114 valence electrons. The highest BCUT2D eigenvalue weighted by Gasteiger charge is 2.32. The Labute approximate surface area is 118 Å². The molecular weight excluding hydrogens is 289 g/mol. The topological polar surface area (TPSA) is 93.3 Å². The van der Waals surface area contributed by atoms with Crippen molar-refractivity contribution in [2.75, 3.05) is 6.54 Å². The summed E-state index contributed by atoms with van der Waals surface area (Å²) in [6, 6.07) is 3.92. The van der Waals surface area contributed by atoms with Crippen LogP contribution in [-0.2, 0) is 11.0 Å². The summed E-state index contributed by atoms with van der Waals surface area (Å²) in [7, 11) is 0. The molecule has 0 aliphatic rings. The van der Waals surface area contributed by atoms with Crippen LogP contribution in [0.15, 0.2) is 18.2 Å². The van der Waals surface area contributed by atoms with Gasteiger partial charge in [-0.25, -0.2) is 0 Å². The molecule has 0 radical (unpaired) electrons. The number of hydrogen-bond acceptors (Lipinski definition) is 4. The summed E-state index contributed by atoms with van der Waals surface area (Å²) in [5.41, 5.74) is -1.63. The molecule has 8 heteroatoms. The van der Waals surface area contributed by atoms with Gasteiger partial charge in [-0.3, -0.25) is 4.79 Å². The van der Waals surface area contributed by atoms with E-state index in [1.165, 1.54) is 6.92 Å². The minimum atomic E-state index is -4.68. The van der Waals surface area contributed by atoms with Crippen LogP contribution in [0.2, 0.25) is 0 Å². The Morgan fingerprint density at radius 2 is 2.00 bits per heavy atom. The number of aliphatic hydroxyl groups excluding tert-OH is 2. The van der Waals surface area contributed by atoms with Crippen LogP contribution in [0, 0.1) is 11.3 Å². The number of rotatable bonds is 4. The Hall–Kier alpha value is -2.11. The highest BCUT2D eigenvalue weighted by Crippen LogP contribution is 2.32. The monoisotopic (exact) mass is 302 g/mol. The summed E-state index contributed by atoms with van der Waals surface area (Å²) in [6.45, 7) is 0.867. The molecule has 0 heterocycles. The lowest BCUT2D eigenvalue weighted by atomic mass is 9.99. The number of amides is 1. The molecule has 21 heavy (non-hydrogen) atoms. The number of halogens is 3. The molecule has 0 saturated carbocycles. The molecule has 5 nitrogen and oxygen atoms in total. The highest BCUT2D eigenvalue weighted by atomic mass is 19.4. The molecule has 0 spiro atoms. The van der Waals surface area contributed by atoms with E-state index in [0.29, 0.717) is 12.1 Å². The van der Waals surface area contributed by atoms with E-state index in [9.17, 15) is 28.2 Å². The summed E-state index contributed by atoms with van der Waals surface area (Å²) >= 11 is 0. The first-order valence-corrected chi connectivity index (χ1v) is 5.88. The van der Waals surface area contributed by atoms with Crippen molar-refractivity contribution < 1.29 is 28.2 Å². The first-order chi connectivity index (χ1) is 9.65. The van der Waals surface area contributed by atoms with Crippen molar-refractivity contribution in [3.05, 3.63) is 34.9 Å². The molecule has 0 aliphatic carbocycles. The molecule has 1 aromatic carbocycles. The molecule has 2 unspecified atom stereocenters. The van der Waals surface area contributed by atoms with Gasteiger partial charge < -0.3 is 15.5 Å². The predicted octanol–water partition coefficient (Wildman–Crippen LogP) is 1.11. The van der Waals surface area contributed by atoms with Gasteiger partial charge in [-0.15, -0.1) is 0 Å². The Morgan fingerprint density at radius 3 is 2.48 bits per heavy atom. The van der Waals surface area contributed by atoms with E-state index in [1.807, 2.05) is 0 Å². The predicted molar refractivity (Wildman–Crippen MR) is 65.8 cm³/mol. The van der Waals surface area contributed by atoms with Crippen LogP contribution < -0.4 is 5.32 Å². The number of hydrogen-bond donors (Lipinski definition) is 3. The zero-order valence-electron chi connectivity index (χ0n) is 11.0. The van der Waals surface area contributed by atoms with Gasteiger partial charge in [-0.05, 0) is 23.8 Å². The van der Waals surface area contributed by atoms with Gasteiger partial charge in [0.25, 0.3) is 0 Å². The lowest BCUT2D eigenvalue weighted by molar-refractivity contribution is -0.137. The number of alkyl halides is 3. The summed E-state index contributed by atoms with van der Waals surface area (Å²) in [5, 5.41) is 30.4. The second-order valence-corrected chi connectivity index (χ2v) is 4.40. The molecule has 1 rings (SSSR count). The Bertz CT molecular complexity index is 567. The average molecular weight is 302 g/mol. The van der Waals surface area contributed by atoms with E-state index < -0.39 is 29.9 Å². The molecule has 0 bridgehead atoms. The first kappa shape index (κ1) is 16.9. The molecule has 1 amide bonds. The van der Waals surface area contributed by atoms with Crippen LogP contribution in [0.3, 0.4) is 0 Å². The van der Waals surface area contributed by atoms with Crippen molar-refractivity contribution in [1.82, 2.24) is 5.32 Å². The summed E-state index contributed by atoms with van der Waals surface area (Å²) in [5.74, 6) is -0.456. The van der Waals surface area contributed by atoms with Crippen molar-refractivity contribution in [1.29, 1.82) is 5.26 Å². The lowest BCUT2D eigenvalue weighted by Gasteiger charge is -2.19. The van der Waals surface area contributed by atoms with Crippen LogP contribution >= 0.6 is 0 Å². The third-order valence-corrected chi connectivity index (χ3v) is 2.68. The van der Waals surface area contributed by atoms with Gasteiger partial charge in [0.2, 0.25) is 5.91 Å². The third-order valence-electron chi connectivity index (χ3n) is 2.68. The van der Waals surface area contributed by atoms with Gasteiger partial charge in [0, 0.05) is 13.5 Å². The molecule has 2 atom stereocenters. The van der Waals surface area contributed by atoms with Crippen molar-refractivity contribution >= 4 is 5.91 Å². The van der Waals surface area contributed by atoms with Crippen molar-refractivity contribution in [3.8, 4) is 6.07 Å². The van der Waals surface area contributed by atoms with Crippen LogP contribution in [0.1, 0.15) is 29.7 Å².